The molecule has 3 aliphatic rings. The van der Waals surface area contributed by atoms with Gasteiger partial charge in [0, 0.05) is 24.7 Å². The molecule has 2 atom stereocenters. The average Bonchev–Trinajstić information content (AvgIpc) is 3.26. The van der Waals surface area contributed by atoms with Crippen LogP contribution in [0.2, 0.25) is 0 Å². The van der Waals surface area contributed by atoms with Crippen molar-refractivity contribution in [3.8, 4) is 0 Å². The lowest BCUT2D eigenvalue weighted by Crippen LogP contribution is -2.51. The maximum atomic E-state index is 2.70. The summed E-state index contributed by atoms with van der Waals surface area (Å²) in [6, 6.07) is 20.1. The summed E-state index contributed by atoms with van der Waals surface area (Å²) < 4.78 is 0. The van der Waals surface area contributed by atoms with E-state index in [0.717, 1.165) is 0 Å². The molecular formula is C23H27N3. The number of fused-ring (bicyclic) bond motifs is 3. The Kier molecular flexibility index (Phi) is 3.61. The maximum Gasteiger partial charge on any atom is 0.110 e. The molecule has 134 valence electrons. The number of para-hydroxylation sites is 1. The van der Waals surface area contributed by atoms with Gasteiger partial charge in [0.15, 0.2) is 0 Å². The Hall–Kier alpha value is -2.26. The summed E-state index contributed by atoms with van der Waals surface area (Å²) in [6.45, 7) is 7.30. The molecule has 0 saturated carbocycles. The highest BCUT2D eigenvalue weighted by Crippen LogP contribution is 2.55. The summed E-state index contributed by atoms with van der Waals surface area (Å²) in [5, 5.41) is 5.03. The number of anilines is 1. The third-order valence-corrected chi connectivity index (χ3v) is 6.32. The molecule has 0 bridgehead atoms. The molecule has 0 radical (unpaired) electrons. The molecule has 0 aliphatic carbocycles. The van der Waals surface area contributed by atoms with E-state index in [4.69, 9.17) is 0 Å². The van der Waals surface area contributed by atoms with Gasteiger partial charge >= 0.3 is 0 Å². The molecule has 2 aromatic rings. The summed E-state index contributed by atoms with van der Waals surface area (Å²) in [4.78, 5) is 2.70. The van der Waals surface area contributed by atoms with Gasteiger partial charge in [0.2, 0.25) is 0 Å². The van der Waals surface area contributed by atoms with Gasteiger partial charge in [-0.15, -0.1) is 0 Å². The Bertz CT molecular complexity index is 820. The molecule has 0 unspecified atom stereocenters. The number of hydrazine groups is 1. The minimum absolute atomic E-state index is 0.112. The number of hydrogen-bond acceptors (Lipinski definition) is 3. The van der Waals surface area contributed by atoms with Crippen LogP contribution in [0, 0.1) is 5.41 Å². The van der Waals surface area contributed by atoms with Crippen LogP contribution in [0.5, 0.6) is 0 Å². The molecule has 5 rings (SSSR count). The molecule has 3 heterocycles. The van der Waals surface area contributed by atoms with Crippen LogP contribution in [0.25, 0.3) is 6.08 Å². The lowest BCUT2D eigenvalue weighted by Gasteiger charge is -2.40. The van der Waals surface area contributed by atoms with Crippen molar-refractivity contribution in [2.75, 3.05) is 18.1 Å². The molecule has 2 saturated heterocycles. The number of hydrogen-bond donors (Lipinski definition) is 0. The highest BCUT2D eigenvalue weighted by atomic mass is 15.7. The highest BCUT2D eigenvalue weighted by Gasteiger charge is 2.56. The van der Waals surface area contributed by atoms with Crippen molar-refractivity contribution in [2.24, 2.45) is 5.41 Å². The van der Waals surface area contributed by atoms with Crippen LogP contribution in [0.3, 0.4) is 0 Å². The summed E-state index contributed by atoms with van der Waals surface area (Å²) in [6.07, 6.45) is 7.55. The number of likely N-dealkylation sites (tertiary alicyclic amines) is 1. The third-order valence-electron chi connectivity index (χ3n) is 6.32. The quantitative estimate of drug-likeness (QED) is 0.767. The first-order valence-corrected chi connectivity index (χ1v) is 9.81. The van der Waals surface area contributed by atoms with Crippen LogP contribution >= 0.6 is 0 Å². The van der Waals surface area contributed by atoms with Gasteiger partial charge in [0.05, 0.1) is 11.7 Å². The van der Waals surface area contributed by atoms with Gasteiger partial charge in [-0.1, -0.05) is 56.3 Å². The van der Waals surface area contributed by atoms with Crippen molar-refractivity contribution in [3.63, 3.8) is 0 Å². The molecule has 3 heteroatoms. The Balaban J connectivity index is 1.68. The predicted molar refractivity (Wildman–Crippen MR) is 107 cm³/mol. The topological polar surface area (TPSA) is 9.72 Å². The fraction of sp³-hybridized carbons (Fsp3) is 0.391. The van der Waals surface area contributed by atoms with Gasteiger partial charge in [-0.2, -0.15) is 0 Å². The van der Waals surface area contributed by atoms with E-state index in [1.807, 2.05) is 0 Å². The summed E-state index contributed by atoms with van der Waals surface area (Å²) in [5.74, 6) is 0. The van der Waals surface area contributed by atoms with Gasteiger partial charge in [-0.3, -0.25) is 14.9 Å². The average molecular weight is 345 g/mol. The van der Waals surface area contributed by atoms with Crippen molar-refractivity contribution in [1.82, 2.24) is 9.91 Å². The monoisotopic (exact) mass is 345 g/mol. The molecule has 0 N–H and O–H groups in total. The van der Waals surface area contributed by atoms with Crippen molar-refractivity contribution in [1.29, 1.82) is 0 Å². The van der Waals surface area contributed by atoms with Gasteiger partial charge in [-0.05, 0) is 42.2 Å². The first-order valence-electron chi connectivity index (χ1n) is 9.81. The first kappa shape index (κ1) is 16.0. The van der Waals surface area contributed by atoms with Crippen LogP contribution in [0.15, 0.2) is 60.8 Å². The second kappa shape index (κ2) is 5.88. The van der Waals surface area contributed by atoms with Gasteiger partial charge < -0.3 is 0 Å². The van der Waals surface area contributed by atoms with E-state index >= 15 is 0 Å². The van der Waals surface area contributed by atoms with Gasteiger partial charge in [-0.25, -0.2) is 0 Å². The fourth-order valence-electron chi connectivity index (χ4n) is 5.28. The van der Waals surface area contributed by atoms with E-state index in [1.54, 1.807) is 0 Å². The predicted octanol–water partition coefficient (Wildman–Crippen LogP) is 4.90. The lowest BCUT2D eigenvalue weighted by molar-refractivity contribution is 0.127. The molecule has 3 aliphatic heterocycles. The second-order valence-electron chi connectivity index (χ2n) is 8.35. The largest absolute Gasteiger partial charge is 0.283 e. The van der Waals surface area contributed by atoms with Crippen LogP contribution in [-0.4, -0.2) is 29.2 Å². The van der Waals surface area contributed by atoms with Crippen LogP contribution in [0.1, 0.15) is 43.9 Å². The van der Waals surface area contributed by atoms with E-state index in [0.29, 0.717) is 12.2 Å². The Labute approximate surface area is 156 Å². The molecule has 2 fully saturated rings. The molecule has 0 amide bonds. The normalized spacial score (nSPS) is 26.8. The van der Waals surface area contributed by atoms with E-state index < -0.39 is 0 Å². The van der Waals surface area contributed by atoms with Crippen molar-refractivity contribution >= 4 is 11.8 Å². The lowest BCUT2D eigenvalue weighted by atomic mass is 9.76. The van der Waals surface area contributed by atoms with Crippen molar-refractivity contribution < 1.29 is 0 Å². The van der Waals surface area contributed by atoms with Crippen molar-refractivity contribution in [3.05, 3.63) is 71.9 Å². The molecule has 2 aromatic carbocycles. The summed E-state index contributed by atoms with van der Waals surface area (Å²) >= 11 is 0. The smallest absolute Gasteiger partial charge is 0.110 e. The number of rotatable bonds is 2. The SMILES string of the molecule is CC1(C)[C@@H]2c3ccccc3C=CN2N(c2ccccc2)[C@@H]1N1CCCC1. The minimum atomic E-state index is 0.112. The summed E-state index contributed by atoms with van der Waals surface area (Å²) in [7, 11) is 0. The Morgan fingerprint density at radius 2 is 1.58 bits per heavy atom. The van der Waals surface area contributed by atoms with E-state index in [1.165, 1.54) is 42.7 Å². The molecule has 0 spiro atoms. The first-order chi connectivity index (χ1) is 12.7. The van der Waals surface area contributed by atoms with E-state index in [-0.39, 0.29) is 5.41 Å². The van der Waals surface area contributed by atoms with Crippen LogP contribution < -0.4 is 5.01 Å². The van der Waals surface area contributed by atoms with Crippen LogP contribution in [-0.2, 0) is 0 Å². The number of nitrogens with zero attached hydrogens (tertiary/aromatic N) is 3. The minimum Gasteiger partial charge on any atom is -0.283 e. The maximum absolute atomic E-state index is 2.70. The molecule has 3 nitrogen and oxygen atoms in total. The van der Waals surface area contributed by atoms with Crippen molar-refractivity contribution in [2.45, 2.75) is 38.9 Å². The highest BCUT2D eigenvalue weighted by molar-refractivity contribution is 5.61. The zero-order valence-electron chi connectivity index (χ0n) is 15.7. The Morgan fingerprint density at radius 1 is 0.885 bits per heavy atom. The van der Waals surface area contributed by atoms with Crippen LogP contribution in [0.4, 0.5) is 5.69 Å². The van der Waals surface area contributed by atoms with Gasteiger partial charge in [0.1, 0.15) is 6.17 Å². The zero-order valence-corrected chi connectivity index (χ0v) is 15.7. The molecule has 26 heavy (non-hydrogen) atoms. The second-order valence-corrected chi connectivity index (χ2v) is 8.35. The zero-order chi connectivity index (χ0) is 17.7. The van der Waals surface area contributed by atoms with Gasteiger partial charge in [0.25, 0.3) is 0 Å². The molecule has 0 aromatic heterocycles. The fourth-order valence-corrected chi connectivity index (χ4v) is 5.28. The Morgan fingerprint density at radius 3 is 2.35 bits per heavy atom. The number of benzene rings is 2. The summed E-state index contributed by atoms with van der Waals surface area (Å²) in [5.41, 5.74) is 4.20. The van der Waals surface area contributed by atoms with E-state index in [9.17, 15) is 0 Å². The van der Waals surface area contributed by atoms with E-state index in [2.05, 4.69) is 95.6 Å². The standard InChI is InChI=1S/C23H27N3/c1-23(2)21-20-13-7-6-10-18(20)14-17-25(21)26(19-11-4-3-5-12-19)22(23)24-15-8-9-16-24/h3-7,10-14,17,21-22H,8-9,15-16H2,1-2H3/t21-,22-/m0/s1. The molecular weight excluding hydrogens is 318 g/mol. The third kappa shape index (κ3) is 2.23.